The first-order chi connectivity index (χ1) is 5.24. The number of hydrogen-bond acceptors (Lipinski definition) is 2. The highest BCUT2D eigenvalue weighted by atomic mass is 35.5. The fourth-order valence-corrected chi connectivity index (χ4v) is 1.28. The molecule has 0 bridgehead atoms. The molecule has 4 heteroatoms. The van der Waals surface area contributed by atoms with Crippen molar-refractivity contribution in [2.45, 2.75) is 13.3 Å². The normalized spacial score (nSPS) is 18.7. The third-order valence-corrected chi connectivity index (χ3v) is 2.16. The summed E-state index contributed by atoms with van der Waals surface area (Å²) in [4.78, 5) is 15.4. The Morgan fingerprint density at radius 1 is 1.25 bits per heavy atom. The zero-order valence-electron chi connectivity index (χ0n) is 7.75. The highest BCUT2D eigenvalue weighted by molar-refractivity contribution is 5.85. The molecule has 0 spiro atoms. The van der Waals surface area contributed by atoms with Gasteiger partial charge in [0.05, 0.1) is 0 Å². The summed E-state index contributed by atoms with van der Waals surface area (Å²) in [5, 5.41) is 0. The van der Waals surface area contributed by atoms with E-state index in [4.69, 9.17) is 0 Å². The van der Waals surface area contributed by atoms with Crippen LogP contribution in [0.1, 0.15) is 13.3 Å². The van der Waals surface area contributed by atoms with Crippen LogP contribution in [0.15, 0.2) is 0 Å². The van der Waals surface area contributed by atoms with E-state index < -0.39 is 0 Å². The molecule has 1 rings (SSSR count). The number of amides is 1. The summed E-state index contributed by atoms with van der Waals surface area (Å²) in [5.74, 6) is 0.290. The van der Waals surface area contributed by atoms with Crippen molar-refractivity contribution in [2.75, 3.05) is 33.2 Å². The van der Waals surface area contributed by atoms with E-state index in [9.17, 15) is 4.79 Å². The van der Waals surface area contributed by atoms with Gasteiger partial charge in [-0.05, 0) is 7.05 Å². The van der Waals surface area contributed by atoms with Crippen LogP contribution in [0.25, 0.3) is 0 Å². The maximum absolute atomic E-state index is 11.2. The standard InChI is InChI=1S/C8H16N2O.ClH/c1-3-8(11)10-6-4-9(2)5-7-10;/h3-7H2,1-2H3;1H. The summed E-state index contributed by atoms with van der Waals surface area (Å²) in [6.07, 6.45) is 0.643. The lowest BCUT2D eigenvalue weighted by Gasteiger charge is -2.32. The largest absolute Gasteiger partial charge is 0.340 e. The monoisotopic (exact) mass is 192 g/mol. The molecule has 1 aliphatic rings. The molecule has 0 radical (unpaired) electrons. The van der Waals surface area contributed by atoms with Crippen molar-refractivity contribution in [3.8, 4) is 0 Å². The highest BCUT2D eigenvalue weighted by Crippen LogP contribution is 2.00. The van der Waals surface area contributed by atoms with Crippen LogP contribution in [0.3, 0.4) is 0 Å². The van der Waals surface area contributed by atoms with Crippen LogP contribution in [0.5, 0.6) is 0 Å². The number of hydrogen-bond donors (Lipinski definition) is 0. The van der Waals surface area contributed by atoms with Gasteiger partial charge in [0.1, 0.15) is 0 Å². The van der Waals surface area contributed by atoms with E-state index in [1.54, 1.807) is 0 Å². The molecular formula is C8H17ClN2O. The van der Waals surface area contributed by atoms with Crippen LogP contribution in [0.4, 0.5) is 0 Å². The quantitative estimate of drug-likeness (QED) is 0.608. The molecular weight excluding hydrogens is 176 g/mol. The second kappa shape index (κ2) is 5.38. The molecule has 1 aliphatic heterocycles. The molecule has 1 fully saturated rings. The predicted octanol–water partition coefficient (Wildman–Crippen LogP) is 0.592. The zero-order valence-corrected chi connectivity index (χ0v) is 8.56. The molecule has 12 heavy (non-hydrogen) atoms. The smallest absolute Gasteiger partial charge is 0.222 e. The van der Waals surface area contributed by atoms with E-state index in [-0.39, 0.29) is 18.3 Å². The minimum Gasteiger partial charge on any atom is -0.340 e. The summed E-state index contributed by atoms with van der Waals surface area (Å²) < 4.78 is 0. The van der Waals surface area contributed by atoms with Crippen molar-refractivity contribution in [3.05, 3.63) is 0 Å². The predicted molar refractivity (Wildman–Crippen MR) is 51.6 cm³/mol. The Labute approximate surface area is 80.1 Å². The van der Waals surface area contributed by atoms with E-state index in [0.717, 1.165) is 26.2 Å². The van der Waals surface area contributed by atoms with Gasteiger partial charge in [-0.2, -0.15) is 0 Å². The fourth-order valence-electron chi connectivity index (χ4n) is 1.28. The molecule has 0 unspecified atom stereocenters. The molecule has 0 aliphatic carbocycles. The molecule has 3 nitrogen and oxygen atoms in total. The number of carbonyl (C=O) groups excluding carboxylic acids is 1. The molecule has 0 atom stereocenters. The van der Waals surface area contributed by atoms with E-state index >= 15 is 0 Å². The van der Waals surface area contributed by atoms with Gasteiger partial charge in [-0.15, -0.1) is 12.4 Å². The minimum absolute atomic E-state index is 0. The van der Waals surface area contributed by atoms with Gasteiger partial charge < -0.3 is 9.80 Å². The summed E-state index contributed by atoms with van der Waals surface area (Å²) in [6.45, 7) is 5.77. The highest BCUT2D eigenvalue weighted by Gasteiger charge is 2.16. The summed E-state index contributed by atoms with van der Waals surface area (Å²) in [7, 11) is 2.09. The van der Waals surface area contributed by atoms with Crippen molar-refractivity contribution in [1.82, 2.24) is 9.80 Å². The number of nitrogens with zero attached hydrogens (tertiary/aromatic N) is 2. The van der Waals surface area contributed by atoms with E-state index in [1.807, 2.05) is 11.8 Å². The van der Waals surface area contributed by atoms with Crippen molar-refractivity contribution in [2.24, 2.45) is 0 Å². The molecule has 1 heterocycles. The maximum Gasteiger partial charge on any atom is 0.222 e. The Morgan fingerprint density at radius 3 is 2.17 bits per heavy atom. The number of carbonyl (C=O) groups is 1. The summed E-state index contributed by atoms with van der Waals surface area (Å²) in [6, 6.07) is 0. The lowest BCUT2D eigenvalue weighted by molar-refractivity contribution is -0.132. The number of halogens is 1. The molecule has 0 N–H and O–H groups in total. The number of rotatable bonds is 1. The van der Waals surface area contributed by atoms with Gasteiger partial charge in [0.15, 0.2) is 0 Å². The van der Waals surface area contributed by atoms with Gasteiger partial charge in [-0.3, -0.25) is 4.79 Å². The number of piperazine rings is 1. The van der Waals surface area contributed by atoms with Gasteiger partial charge >= 0.3 is 0 Å². The number of likely N-dealkylation sites (N-methyl/N-ethyl adjacent to an activating group) is 1. The summed E-state index contributed by atoms with van der Waals surface area (Å²) >= 11 is 0. The summed E-state index contributed by atoms with van der Waals surface area (Å²) in [5.41, 5.74) is 0. The van der Waals surface area contributed by atoms with Gasteiger partial charge in [0.2, 0.25) is 5.91 Å². The van der Waals surface area contributed by atoms with Crippen LogP contribution < -0.4 is 0 Å². The van der Waals surface area contributed by atoms with Crippen LogP contribution in [-0.2, 0) is 4.79 Å². The molecule has 0 aromatic rings. The van der Waals surface area contributed by atoms with E-state index in [0.29, 0.717) is 6.42 Å². The Kier molecular flexibility index (Phi) is 5.25. The molecule has 72 valence electrons. The average Bonchev–Trinajstić information content (AvgIpc) is 2.05. The van der Waals surface area contributed by atoms with Crippen molar-refractivity contribution < 1.29 is 4.79 Å². The molecule has 0 aromatic carbocycles. The van der Waals surface area contributed by atoms with Gasteiger partial charge in [0, 0.05) is 32.6 Å². The van der Waals surface area contributed by atoms with E-state index in [2.05, 4.69) is 11.9 Å². The van der Waals surface area contributed by atoms with Crippen LogP contribution in [0.2, 0.25) is 0 Å². The lowest BCUT2D eigenvalue weighted by atomic mass is 10.3. The molecule has 0 saturated carbocycles. The van der Waals surface area contributed by atoms with Crippen LogP contribution in [-0.4, -0.2) is 48.9 Å². The second-order valence-electron chi connectivity index (χ2n) is 3.04. The van der Waals surface area contributed by atoms with Gasteiger partial charge in [0.25, 0.3) is 0 Å². The molecule has 1 saturated heterocycles. The van der Waals surface area contributed by atoms with Gasteiger partial charge in [-0.1, -0.05) is 6.92 Å². The Hall–Kier alpha value is -0.280. The average molecular weight is 193 g/mol. The Morgan fingerprint density at radius 2 is 1.75 bits per heavy atom. The van der Waals surface area contributed by atoms with Crippen molar-refractivity contribution >= 4 is 18.3 Å². The first kappa shape index (κ1) is 11.7. The molecule has 1 amide bonds. The molecule has 0 aromatic heterocycles. The third-order valence-electron chi connectivity index (χ3n) is 2.16. The van der Waals surface area contributed by atoms with Crippen molar-refractivity contribution in [3.63, 3.8) is 0 Å². The van der Waals surface area contributed by atoms with E-state index in [1.165, 1.54) is 0 Å². The SMILES string of the molecule is CCC(=O)N1CCN(C)CC1.Cl. The minimum atomic E-state index is 0. The maximum atomic E-state index is 11.2. The van der Waals surface area contributed by atoms with Crippen LogP contribution in [0, 0.1) is 0 Å². The second-order valence-corrected chi connectivity index (χ2v) is 3.04. The fraction of sp³-hybridized carbons (Fsp3) is 0.875. The van der Waals surface area contributed by atoms with Crippen LogP contribution >= 0.6 is 12.4 Å². The van der Waals surface area contributed by atoms with Crippen molar-refractivity contribution in [1.29, 1.82) is 0 Å². The zero-order chi connectivity index (χ0) is 8.27. The Bertz CT molecular complexity index is 144. The topological polar surface area (TPSA) is 23.6 Å². The Balaban J connectivity index is 0.00000121. The third kappa shape index (κ3) is 2.99. The first-order valence-corrected chi connectivity index (χ1v) is 4.20. The lowest BCUT2D eigenvalue weighted by Crippen LogP contribution is -2.46. The van der Waals surface area contributed by atoms with Gasteiger partial charge in [-0.25, -0.2) is 0 Å². The first-order valence-electron chi connectivity index (χ1n) is 4.20.